The molecule has 20 heavy (non-hydrogen) atoms. The van der Waals surface area contributed by atoms with Crippen molar-refractivity contribution in [1.29, 1.82) is 0 Å². The van der Waals surface area contributed by atoms with Gasteiger partial charge in [0.05, 0.1) is 5.75 Å². The zero-order valence-corrected chi connectivity index (χ0v) is 12.1. The lowest BCUT2D eigenvalue weighted by Crippen LogP contribution is -1.89. The third-order valence-electron chi connectivity index (χ3n) is 2.87. The van der Waals surface area contributed by atoms with Crippen molar-refractivity contribution in [3.05, 3.63) is 48.1 Å². The first-order valence-electron chi connectivity index (χ1n) is 6.22. The molecule has 5 nitrogen and oxygen atoms in total. The monoisotopic (exact) mass is 286 g/mol. The van der Waals surface area contributed by atoms with Crippen molar-refractivity contribution in [3.8, 4) is 11.5 Å². The van der Waals surface area contributed by atoms with Gasteiger partial charge in [-0.25, -0.2) is 4.98 Å². The number of benzene rings is 1. The van der Waals surface area contributed by atoms with Gasteiger partial charge in [-0.1, -0.05) is 29.5 Å². The van der Waals surface area contributed by atoms with E-state index in [1.807, 2.05) is 49.0 Å². The number of aromatic nitrogens is 4. The molecule has 0 spiro atoms. The van der Waals surface area contributed by atoms with Crippen LogP contribution in [0.5, 0.6) is 0 Å². The van der Waals surface area contributed by atoms with Crippen molar-refractivity contribution in [2.24, 2.45) is 7.05 Å². The Balaban J connectivity index is 1.71. The van der Waals surface area contributed by atoms with Gasteiger partial charge in [-0.15, -0.1) is 10.2 Å². The normalized spacial score (nSPS) is 10.9. The predicted molar refractivity (Wildman–Crippen MR) is 77.2 cm³/mol. The highest BCUT2D eigenvalue weighted by atomic mass is 32.2. The Hall–Kier alpha value is -2.08. The molecule has 0 aliphatic carbocycles. The molecule has 102 valence electrons. The molecule has 2 heterocycles. The first-order valence-corrected chi connectivity index (χ1v) is 7.20. The number of imidazole rings is 1. The van der Waals surface area contributed by atoms with E-state index in [1.165, 1.54) is 5.56 Å². The van der Waals surface area contributed by atoms with E-state index in [1.54, 1.807) is 18.0 Å². The summed E-state index contributed by atoms with van der Waals surface area (Å²) in [6, 6.07) is 8.03. The number of hydrogen-bond acceptors (Lipinski definition) is 5. The van der Waals surface area contributed by atoms with Crippen LogP contribution in [-0.4, -0.2) is 19.7 Å². The summed E-state index contributed by atoms with van der Waals surface area (Å²) in [7, 11) is 1.96. The van der Waals surface area contributed by atoms with Crippen LogP contribution in [0.15, 0.2) is 46.2 Å². The molecule has 0 aliphatic heterocycles. The number of thioether (sulfide) groups is 1. The highest BCUT2D eigenvalue weighted by Gasteiger charge is 2.10. The number of hydrogen-bond donors (Lipinski definition) is 0. The molecule has 3 rings (SSSR count). The van der Waals surface area contributed by atoms with Gasteiger partial charge in [0.15, 0.2) is 5.16 Å². The smallest absolute Gasteiger partial charge is 0.247 e. The van der Waals surface area contributed by atoms with Crippen LogP contribution in [-0.2, 0) is 12.8 Å². The van der Waals surface area contributed by atoms with Crippen LogP contribution in [0.3, 0.4) is 0 Å². The number of nitrogens with zero attached hydrogens (tertiary/aromatic N) is 4. The van der Waals surface area contributed by atoms with Gasteiger partial charge >= 0.3 is 0 Å². The molecule has 0 unspecified atom stereocenters. The minimum absolute atomic E-state index is 0.556. The summed E-state index contributed by atoms with van der Waals surface area (Å²) >= 11 is 1.57. The lowest BCUT2D eigenvalue weighted by atomic mass is 10.1. The fourth-order valence-corrected chi connectivity index (χ4v) is 2.51. The number of rotatable bonds is 4. The molecular weight excluding hydrogens is 272 g/mol. The SMILES string of the molecule is Cc1ccc(-c2nnc(CSc3nccn3C)o2)cc1. The van der Waals surface area contributed by atoms with Crippen molar-refractivity contribution in [3.63, 3.8) is 0 Å². The van der Waals surface area contributed by atoms with Gasteiger partial charge in [0.25, 0.3) is 0 Å². The maximum absolute atomic E-state index is 5.67. The second kappa shape index (κ2) is 5.50. The first-order chi connectivity index (χ1) is 9.72. The van der Waals surface area contributed by atoms with Gasteiger partial charge in [-0.2, -0.15) is 0 Å². The van der Waals surface area contributed by atoms with E-state index in [-0.39, 0.29) is 0 Å². The highest BCUT2D eigenvalue weighted by molar-refractivity contribution is 7.98. The van der Waals surface area contributed by atoms with Crippen LogP contribution < -0.4 is 0 Å². The van der Waals surface area contributed by atoms with Crippen molar-refractivity contribution >= 4 is 11.8 Å². The van der Waals surface area contributed by atoms with Gasteiger partial charge in [0, 0.05) is 25.0 Å². The average molecular weight is 286 g/mol. The Morgan fingerprint density at radius 3 is 2.70 bits per heavy atom. The second-order valence-corrected chi connectivity index (χ2v) is 5.42. The van der Waals surface area contributed by atoms with Crippen LogP contribution >= 0.6 is 11.8 Å². The number of aryl methyl sites for hydroxylation is 2. The van der Waals surface area contributed by atoms with E-state index in [4.69, 9.17) is 4.42 Å². The van der Waals surface area contributed by atoms with Crippen molar-refractivity contribution in [1.82, 2.24) is 19.7 Å². The Kier molecular flexibility index (Phi) is 3.56. The van der Waals surface area contributed by atoms with Crippen molar-refractivity contribution in [2.45, 2.75) is 17.8 Å². The molecule has 0 N–H and O–H groups in total. The van der Waals surface area contributed by atoms with E-state index < -0.39 is 0 Å². The highest BCUT2D eigenvalue weighted by Crippen LogP contribution is 2.23. The molecule has 0 saturated heterocycles. The quantitative estimate of drug-likeness (QED) is 0.690. The molecule has 0 saturated carbocycles. The van der Waals surface area contributed by atoms with E-state index in [0.717, 1.165) is 10.7 Å². The first kappa shape index (κ1) is 12.9. The maximum Gasteiger partial charge on any atom is 0.247 e. The largest absolute Gasteiger partial charge is 0.420 e. The summed E-state index contributed by atoms with van der Waals surface area (Å²) in [5, 5.41) is 9.08. The van der Waals surface area contributed by atoms with Crippen LogP contribution in [0.25, 0.3) is 11.5 Å². The molecule has 0 radical (unpaired) electrons. The molecule has 6 heteroatoms. The van der Waals surface area contributed by atoms with Crippen LogP contribution in [0.2, 0.25) is 0 Å². The predicted octanol–water partition coefficient (Wildman–Crippen LogP) is 3.07. The second-order valence-electron chi connectivity index (χ2n) is 4.48. The molecule has 0 amide bonds. The van der Waals surface area contributed by atoms with E-state index in [9.17, 15) is 0 Å². The fourth-order valence-electron chi connectivity index (χ4n) is 1.74. The lowest BCUT2D eigenvalue weighted by Gasteiger charge is -1.98. The minimum Gasteiger partial charge on any atom is -0.420 e. The van der Waals surface area contributed by atoms with Crippen molar-refractivity contribution < 1.29 is 4.42 Å². The van der Waals surface area contributed by atoms with E-state index in [2.05, 4.69) is 15.2 Å². The van der Waals surface area contributed by atoms with Gasteiger partial charge in [-0.3, -0.25) is 0 Å². The van der Waals surface area contributed by atoms with Gasteiger partial charge in [0.1, 0.15) is 0 Å². The molecule has 2 aromatic heterocycles. The summed E-state index contributed by atoms with van der Waals surface area (Å²) in [5.74, 6) is 1.78. The lowest BCUT2D eigenvalue weighted by molar-refractivity contribution is 0.528. The van der Waals surface area contributed by atoms with Gasteiger partial charge in [0.2, 0.25) is 11.8 Å². The maximum atomic E-state index is 5.67. The average Bonchev–Trinajstić information content (AvgIpc) is 3.06. The Bertz CT molecular complexity index is 702. The van der Waals surface area contributed by atoms with E-state index in [0.29, 0.717) is 17.5 Å². The van der Waals surface area contributed by atoms with Gasteiger partial charge < -0.3 is 8.98 Å². The summed E-state index contributed by atoms with van der Waals surface area (Å²) in [5.41, 5.74) is 2.15. The molecular formula is C14H14N4OS. The molecule has 3 aromatic rings. The molecule has 0 aliphatic rings. The van der Waals surface area contributed by atoms with Crippen LogP contribution in [0.4, 0.5) is 0 Å². The summed E-state index contributed by atoms with van der Waals surface area (Å²) in [6.07, 6.45) is 3.68. The molecule has 0 bridgehead atoms. The molecule has 1 aromatic carbocycles. The summed E-state index contributed by atoms with van der Waals surface area (Å²) < 4.78 is 7.63. The molecule has 0 atom stereocenters. The zero-order chi connectivity index (χ0) is 13.9. The Morgan fingerprint density at radius 2 is 2.00 bits per heavy atom. The van der Waals surface area contributed by atoms with E-state index >= 15 is 0 Å². The Labute approximate surface area is 121 Å². The topological polar surface area (TPSA) is 56.7 Å². The van der Waals surface area contributed by atoms with Crippen LogP contribution in [0.1, 0.15) is 11.5 Å². The minimum atomic E-state index is 0.556. The summed E-state index contributed by atoms with van der Waals surface area (Å²) in [6.45, 7) is 2.05. The fraction of sp³-hybridized carbons (Fsp3) is 0.214. The summed E-state index contributed by atoms with van der Waals surface area (Å²) in [4.78, 5) is 4.24. The van der Waals surface area contributed by atoms with Crippen molar-refractivity contribution in [2.75, 3.05) is 0 Å². The zero-order valence-electron chi connectivity index (χ0n) is 11.3. The molecule has 0 fully saturated rings. The standard InChI is InChI=1S/C14H14N4OS/c1-10-3-5-11(6-4-10)13-17-16-12(19-13)9-20-14-15-7-8-18(14)2/h3-8H,9H2,1-2H3. The third-order valence-corrected chi connectivity index (χ3v) is 3.91. The van der Waals surface area contributed by atoms with Crippen LogP contribution in [0, 0.1) is 6.92 Å². The van der Waals surface area contributed by atoms with Gasteiger partial charge in [-0.05, 0) is 19.1 Å². The Morgan fingerprint density at radius 1 is 1.20 bits per heavy atom. The third kappa shape index (κ3) is 2.75.